The van der Waals surface area contributed by atoms with Crippen molar-refractivity contribution in [3.05, 3.63) is 16.6 Å². The summed E-state index contributed by atoms with van der Waals surface area (Å²) in [6.07, 6.45) is 5.61. The molecule has 0 aliphatic carbocycles. The Hall–Kier alpha value is -0.410. The van der Waals surface area contributed by atoms with E-state index in [0.717, 1.165) is 6.54 Å². The molecule has 1 aromatic rings. The highest BCUT2D eigenvalue weighted by molar-refractivity contribution is 7.09. The lowest BCUT2D eigenvalue weighted by Crippen LogP contribution is -2.21. The average molecular weight is 198 g/mol. The predicted octanol–water partition coefficient (Wildman–Crippen LogP) is 2.98. The van der Waals surface area contributed by atoms with Crippen molar-refractivity contribution in [1.82, 2.24) is 10.3 Å². The number of hydrogen-bond donors (Lipinski definition) is 1. The molecule has 1 N–H and O–H groups in total. The summed E-state index contributed by atoms with van der Waals surface area (Å²) in [4.78, 5) is 5.48. The van der Waals surface area contributed by atoms with Gasteiger partial charge in [0, 0.05) is 17.1 Å². The van der Waals surface area contributed by atoms with E-state index in [1.165, 1.54) is 24.1 Å². The molecular weight excluding hydrogens is 180 g/mol. The van der Waals surface area contributed by atoms with Crippen LogP contribution in [0.1, 0.15) is 44.0 Å². The highest BCUT2D eigenvalue weighted by atomic mass is 32.1. The van der Waals surface area contributed by atoms with Gasteiger partial charge in [-0.3, -0.25) is 4.98 Å². The number of aromatic nitrogens is 1. The Labute approximate surface area is 84.4 Å². The average Bonchev–Trinajstić information content (AvgIpc) is 2.65. The van der Waals surface area contributed by atoms with E-state index < -0.39 is 0 Å². The minimum Gasteiger partial charge on any atom is -0.309 e. The Morgan fingerprint density at radius 3 is 2.85 bits per heavy atom. The number of hydrogen-bond acceptors (Lipinski definition) is 3. The maximum Gasteiger partial charge on any atom is 0.0794 e. The van der Waals surface area contributed by atoms with Gasteiger partial charge >= 0.3 is 0 Å². The molecule has 0 saturated heterocycles. The van der Waals surface area contributed by atoms with Crippen LogP contribution in [-0.2, 0) is 0 Å². The zero-order chi connectivity index (χ0) is 9.52. The second kappa shape index (κ2) is 6.11. The van der Waals surface area contributed by atoms with Crippen LogP contribution in [0.2, 0.25) is 0 Å². The minimum atomic E-state index is 0.525. The van der Waals surface area contributed by atoms with Crippen molar-refractivity contribution in [2.75, 3.05) is 6.54 Å². The van der Waals surface area contributed by atoms with Gasteiger partial charge < -0.3 is 5.32 Å². The Bertz CT molecular complexity index is 209. The molecule has 0 radical (unpaired) electrons. The fraction of sp³-hybridized carbons (Fsp3) is 0.700. The van der Waals surface area contributed by atoms with Crippen LogP contribution in [0.5, 0.6) is 0 Å². The Morgan fingerprint density at radius 2 is 2.31 bits per heavy atom. The first-order valence-electron chi connectivity index (χ1n) is 5.00. The van der Waals surface area contributed by atoms with Crippen LogP contribution in [0.4, 0.5) is 0 Å². The SMILES string of the molecule is CCCNC(CCC)c1cncs1. The van der Waals surface area contributed by atoms with Crippen molar-refractivity contribution in [1.29, 1.82) is 0 Å². The zero-order valence-electron chi connectivity index (χ0n) is 8.42. The van der Waals surface area contributed by atoms with E-state index in [9.17, 15) is 0 Å². The molecule has 13 heavy (non-hydrogen) atoms. The van der Waals surface area contributed by atoms with Crippen LogP contribution < -0.4 is 5.32 Å². The molecule has 1 atom stereocenters. The lowest BCUT2D eigenvalue weighted by molar-refractivity contribution is 0.500. The maximum absolute atomic E-state index is 4.11. The molecule has 0 fully saturated rings. The smallest absolute Gasteiger partial charge is 0.0794 e. The maximum atomic E-state index is 4.11. The number of rotatable bonds is 6. The van der Waals surface area contributed by atoms with E-state index >= 15 is 0 Å². The third-order valence-corrected chi connectivity index (χ3v) is 2.90. The summed E-state index contributed by atoms with van der Waals surface area (Å²) in [5.74, 6) is 0. The van der Waals surface area contributed by atoms with Gasteiger partial charge in [-0.15, -0.1) is 11.3 Å². The third-order valence-electron chi connectivity index (χ3n) is 2.01. The van der Waals surface area contributed by atoms with E-state index in [4.69, 9.17) is 0 Å². The number of nitrogens with one attached hydrogen (secondary N) is 1. The molecule has 74 valence electrons. The van der Waals surface area contributed by atoms with Crippen LogP contribution in [0.15, 0.2) is 11.7 Å². The molecule has 3 heteroatoms. The lowest BCUT2D eigenvalue weighted by atomic mass is 10.1. The molecule has 0 saturated carbocycles. The normalized spacial score (nSPS) is 13.1. The molecule has 1 heterocycles. The van der Waals surface area contributed by atoms with Crippen molar-refractivity contribution in [3.63, 3.8) is 0 Å². The van der Waals surface area contributed by atoms with Crippen LogP contribution in [0.25, 0.3) is 0 Å². The summed E-state index contributed by atoms with van der Waals surface area (Å²) in [7, 11) is 0. The van der Waals surface area contributed by atoms with Crippen molar-refractivity contribution < 1.29 is 0 Å². The number of thiazole rings is 1. The summed E-state index contributed by atoms with van der Waals surface area (Å²) < 4.78 is 0. The highest BCUT2D eigenvalue weighted by Gasteiger charge is 2.10. The fourth-order valence-electron chi connectivity index (χ4n) is 1.35. The van der Waals surface area contributed by atoms with Crippen molar-refractivity contribution >= 4 is 11.3 Å². The van der Waals surface area contributed by atoms with Crippen molar-refractivity contribution in [3.8, 4) is 0 Å². The van der Waals surface area contributed by atoms with Gasteiger partial charge in [0.1, 0.15) is 0 Å². The molecule has 2 nitrogen and oxygen atoms in total. The molecule has 0 aliphatic heterocycles. The second-order valence-corrected chi connectivity index (χ2v) is 4.12. The van der Waals surface area contributed by atoms with Gasteiger partial charge in [-0.25, -0.2) is 0 Å². The number of nitrogens with zero attached hydrogens (tertiary/aromatic N) is 1. The van der Waals surface area contributed by atoms with E-state index in [2.05, 4.69) is 24.1 Å². The molecule has 0 spiro atoms. The van der Waals surface area contributed by atoms with Gasteiger partial charge in [-0.05, 0) is 19.4 Å². The Kier molecular flexibility index (Phi) is 5.01. The largest absolute Gasteiger partial charge is 0.309 e. The Balaban J connectivity index is 2.47. The summed E-state index contributed by atoms with van der Waals surface area (Å²) in [5.41, 5.74) is 1.91. The van der Waals surface area contributed by atoms with E-state index in [1.54, 1.807) is 11.3 Å². The van der Waals surface area contributed by atoms with Gasteiger partial charge in [0.15, 0.2) is 0 Å². The highest BCUT2D eigenvalue weighted by Crippen LogP contribution is 2.21. The molecule has 0 amide bonds. The van der Waals surface area contributed by atoms with Gasteiger partial charge in [0.2, 0.25) is 0 Å². The van der Waals surface area contributed by atoms with Gasteiger partial charge in [-0.1, -0.05) is 20.3 Å². The molecular formula is C10H18N2S. The zero-order valence-corrected chi connectivity index (χ0v) is 9.23. The van der Waals surface area contributed by atoms with Gasteiger partial charge in [0.25, 0.3) is 0 Å². The summed E-state index contributed by atoms with van der Waals surface area (Å²) in [6, 6.07) is 0.525. The third kappa shape index (κ3) is 3.44. The standard InChI is InChI=1S/C10H18N2S/c1-3-5-9(12-6-4-2)10-7-11-8-13-10/h7-9,12H,3-6H2,1-2H3. The quantitative estimate of drug-likeness (QED) is 0.760. The van der Waals surface area contributed by atoms with Crippen LogP contribution in [0, 0.1) is 0 Å². The van der Waals surface area contributed by atoms with Gasteiger partial charge in [-0.2, -0.15) is 0 Å². The monoisotopic (exact) mass is 198 g/mol. The van der Waals surface area contributed by atoms with Gasteiger partial charge in [0.05, 0.1) is 5.51 Å². The summed E-state index contributed by atoms with van der Waals surface area (Å²) >= 11 is 1.75. The van der Waals surface area contributed by atoms with E-state index in [-0.39, 0.29) is 0 Å². The first-order valence-corrected chi connectivity index (χ1v) is 5.88. The van der Waals surface area contributed by atoms with Crippen LogP contribution in [0.3, 0.4) is 0 Å². The molecule has 1 unspecified atom stereocenters. The molecule has 0 aliphatic rings. The minimum absolute atomic E-state index is 0.525. The van der Waals surface area contributed by atoms with Crippen molar-refractivity contribution in [2.24, 2.45) is 0 Å². The van der Waals surface area contributed by atoms with Crippen LogP contribution in [-0.4, -0.2) is 11.5 Å². The van der Waals surface area contributed by atoms with E-state index in [0.29, 0.717) is 6.04 Å². The molecule has 1 aromatic heterocycles. The molecule has 0 bridgehead atoms. The second-order valence-electron chi connectivity index (χ2n) is 3.20. The Morgan fingerprint density at radius 1 is 1.46 bits per heavy atom. The first-order chi connectivity index (χ1) is 6.38. The van der Waals surface area contributed by atoms with Crippen molar-refractivity contribution in [2.45, 2.75) is 39.2 Å². The first kappa shape index (κ1) is 10.7. The predicted molar refractivity (Wildman–Crippen MR) is 58.1 cm³/mol. The summed E-state index contributed by atoms with van der Waals surface area (Å²) in [5, 5.41) is 3.54. The summed E-state index contributed by atoms with van der Waals surface area (Å²) in [6.45, 7) is 5.52. The van der Waals surface area contributed by atoms with E-state index in [1.807, 2.05) is 11.7 Å². The molecule has 1 rings (SSSR count). The topological polar surface area (TPSA) is 24.9 Å². The lowest BCUT2D eigenvalue weighted by Gasteiger charge is -2.15. The van der Waals surface area contributed by atoms with Crippen LogP contribution >= 0.6 is 11.3 Å². The fourth-order valence-corrected chi connectivity index (χ4v) is 2.08. The molecule has 0 aromatic carbocycles.